The highest BCUT2D eigenvalue weighted by molar-refractivity contribution is 5.72. The Bertz CT molecular complexity index is 829. The highest BCUT2D eigenvalue weighted by Gasteiger charge is 2.21. The average Bonchev–Trinajstić information content (AvgIpc) is 3.13. The zero-order chi connectivity index (χ0) is 39.1. The van der Waals surface area contributed by atoms with Crippen molar-refractivity contribution in [2.45, 2.75) is 220 Å². The summed E-state index contributed by atoms with van der Waals surface area (Å²) in [5.74, 6) is -1.06. The number of hydrogen-bond donors (Lipinski definition) is 1. The standard InChI is InChI=1S/C47H92N2O4/c1-6-8-10-12-14-16-18-20-22-24-26-28-30-32-34-36-39-48(44-45(3)47(52)53-43-42-49(4,5)41-38-46(50)51)40-37-35-33-31-29-27-25-23-21-19-17-15-13-11-9-7-2/h20,22,45H,6-19,21,23-44H2,1-5H3/p+1/b22-20-. The van der Waals surface area contributed by atoms with E-state index in [1.165, 1.54) is 193 Å². The number of hydrogen-bond acceptors (Lipinski definition) is 4. The highest BCUT2D eigenvalue weighted by atomic mass is 16.5. The van der Waals surface area contributed by atoms with Gasteiger partial charge in [-0.1, -0.05) is 187 Å². The molecule has 0 aromatic rings. The Balaban J connectivity index is 4.32. The van der Waals surface area contributed by atoms with E-state index in [0.717, 1.165) is 19.6 Å². The number of carboxylic acid groups (broad SMARTS) is 1. The normalized spacial score (nSPS) is 12.6. The van der Waals surface area contributed by atoms with E-state index in [4.69, 9.17) is 9.84 Å². The van der Waals surface area contributed by atoms with Crippen LogP contribution < -0.4 is 0 Å². The Morgan fingerprint density at radius 3 is 1.30 bits per heavy atom. The van der Waals surface area contributed by atoms with Gasteiger partial charge in [0.25, 0.3) is 0 Å². The second-order valence-corrected chi connectivity index (χ2v) is 17.1. The number of allylic oxidation sites excluding steroid dienone is 2. The molecule has 314 valence electrons. The Kier molecular flexibility index (Phi) is 37.8. The molecule has 0 radical (unpaired) electrons. The van der Waals surface area contributed by atoms with Crippen molar-refractivity contribution in [1.29, 1.82) is 0 Å². The third kappa shape index (κ3) is 38.7. The van der Waals surface area contributed by atoms with Gasteiger partial charge in [-0.2, -0.15) is 0 Å². The zero-order valence-corrected chi connectivity index (χ0v) is 36.5. The number of esters is 1. The van der Waals surface area contributed by atoms with Crippen LogP contribution in [-0.2, 0) is 14.3 Å². The fraction of sp³-hybridized carbons (Fsp3) is 0.915. The molecule has 6 heteroatoms. The minimum absolute atomic E-state index is 0.124. The third-order valence-corrected chi connectivity index (χ3v) is 11.1. The second kappa shape index (κ2) is 38.9. The van der Waals surface area contributed by atoms with E-state index in [1.807, 2.05) is 21.0 Å². The quantitative estimate of drug-likeness (QED) is 0.0291. The molecule has 0 fully saturated rings. The number of carbonyl (C=O) groups is 2. The van der Waals surface area contributed by atoms with Crippen LogP contribution in [0.4, 0.5) is 0 Å². The van der Waals surface area contributed by atoms with Crippen LogP contribution in [0.2, 0.25) is 0 Å². The lowest BCUT2D eigenvalue weighted by Gasteiger charge is -2.29. The second-order valence-electron chi connectivity index (χ2n) is 17.1. The molecule has 0 amide bonds. The van der Waals surface area contributed by atoms with Crippen molar-refractivity contribution in [3.63, 3.8) is 0 Å². The summed E-state index contributed by atoms with van der Waals surface area (Å²) in [4.78, 5) is 26.4. The van der Waals surface area contributed by atoms with E-state index >= 15 is 0 Å². The Hall–Kier alpha value is -1.40. The van der Waals surface area contributed by atoms with Crippen molar-refractivity contribution < 1.29 is 23.9 Å². The molecule has 0 bridgehead atoms. The molecule has 1 unspecified atom stereocenters. The van der Waals surface area contributed by atoms with Crippen molar-refractivity contribution in [2.24, 2.45) is 5.92 Å². The van der Waals surface area contributed by atoms with E-state index in [2.05, 4.69) is 30.9 Å². The van der Waals surface area contributed by atoms with Gasteiger partial charge in [-0.25, -0.2) is 0 Å². The maximum atomic E-state index is 12.9. The average molecular weight is 750 g/mol. The number of rotatable bonds is 42. The van der Waals surface area contributed by atoms with E-state index in [-0.39, 0.29) is 18.3 Å². The van der Waals surface area contributed by atoms with Gasteiger partial charge in [0.05, 0.1) is 33.0 Å². The third-order valence-electron chi connectivity index (χ3n) is 11.1. The van der Waals surface area contributed by atoms with Crippen molar-refractivity contribution in [3.05, 3.63) is 12.2 Å². The van der Waals surface area contributed by atoms with Crippen LogP contribution >= 0.6 is 0 Å². The van der Waals surface area contributed by atoms with Gasteiger partial charge >= 0.3 is 11.9 Å². The maximum Gasteiger partial charge on any atom is 0.310 e. The fourth-order valence-corrected chi connectivity index (χ4v) is 7.27. The molecule has 0 aromatic heterocycles. The van der Waals surface area contributed by atoms with Crippen LogP contribution in [0.15, 0.2) is 12.2 Å². The molecule has 0 aromatic carbocycles. The van der Waals surface area contributed by atoms with Gasteiger partial charge in [-0.3, -0.25) is 9.59 Å². The lowest BCUT2D eigenvalue weighted by Crippen LogP contribution is -2.44. The number of likely N-dealkylation sites (N-methyl/N-ethyl adjacent to an activating group) is 1. The Labute approximate surface area is 331 Å². The predicted molar refractivity (Wildman–Crippen MR) is 230 cm³/mol. The molecule has 6 nitrogen and oxygen atoms in total. The molecule has 1 atom stereocenters. The number of ether oxygens (including phenoxy) is 1. The SMILES string of the molecule is CCCCCCCC/C=C\CCCCCCCCN(CCCCCCCCCCCCCCCCCC)CC(C)C(=O)OCC[N+](C)(C)CCC(=O)O. The van der Waals surface area contributed by atoms with Crippen molar-refractivity contribution in [2.75, 3.05) is 53.4 Å². The summed E-state index contributed by atoms with van der Waals surface area (Å²) in [6, 6.07) is 0. The molecular weight excluding hydrogens is 657 g/mol. The minimum Gasteiger partial charge on any atom is -0.481 e. The summed E-state index contributed by atoms with van der Waals surface area (Å²) in [6.45, 7) is 11.0. The first kappa shape index (κ1) is 51.6. The highest BCUT2D eigenvalue weighted by Crippen LogP contribution is 2.16. The molecule has 1 N–H and O–H groups in total. The Morgan fingerprint density at radius 1 is 0.566 bits per heavy atom. The van der Waals surface area contributed by atoms with Crippen molar-refractivity contribution >= 4 is 11.9 Å². The molecule has 0 saturated carbocycles. The molecule has 0 rings (SSSR count). The number of quaternary nitrogens is 1. The van der Waals surface area contributed by atoms with Gasteiger partial charge in [0.1, 0.15) is 13.2 Å². The number of aliphatic carboxylic acids is 1. The monoisotopic (exact) mass is 750 g/mol. The van der Waals surface area contributed by atoms with Gasteiger partial charge < -0.3 is 19.2 Å². The van der Waals surface area contributed by atoms with Crippen LogP contribution in [0.3, 0.4) is 0 Å². The first-order valence-electron chi connectivity index (χ1n) is 23.3. The number of carbonyl (C=O) groups excluding carboxylic acids is 1. The van der Waals surface area contributed by atoms with E-state index in [1.54, 1.807) is 0 Å². The van der Waals surface area contributed by atoms with Gasteiger partial charge in [0.2, 0.25) is 0 Å². The van der Waals surface area contributed by atoms with Crippen LogP contribution in [0, 0.1) is 5.92 Å². The van der Waals surface area contributed by atoms with Gasteiger partial charge in [0, 0.05) is 6.54 Å². The topological polar surface area (TPSA) is 66.8 Å². The van der Waals surface area contributed by atoms with Gasteiger partial charge in [-0.05, 0) is 51.6 Å². The summed E-state index contributed by atoms with van der Waals surface area (Å²) >= 11 is 0. The van der Waals surface area contributed by atoms with Crippen LogP contribution in [-0.4, -0.2) is 79.9 Å². The maximum absolute atomic E-state index is 12.9. The van der Waals surface area contributed by atoms with E-state index in [0.29, 0.717) is 24.2 Å². The largest absolute Gasteiger partial charge is 0.481 e. The van der Waals surface area contributed by atoms with Crippen LogP contribution in [0.1, 0.15) is 220 Å². The first-order chi connectivity index (χ1) is 25.7. The molecule has 0 aliphatic rings. The van der Waals surface area contributed by atoms with E-state index in [9.17, 15) is 9.59 Å². The first-order valence-corrected chi connectivity index (χ1v) is 23.3. The zero-order valence-electron chi connectivity index (χ0n) is 36.5. The number of unbranched alkanes of at least 4 members (excludes halogenated alkanes) is 27. The van der Waals surface area contributed by atoms with Gasteiger partial charge in [-0.15, -0.1) is 0 Å². The van der Waals surface area contributed by atoms with Crippen molar-refractivity contribution in [3.8, 4) is 0 Å². The molecule has 53 heavy (non-hydrogen) atoms. The molecule has 0 spiro atoms. The summed E-state index contributed by atoms with van der Waals surface area (Å²) in [6.07, 6.45) is 45.6. The Morgan fingerprint density at radius 2 is 0.925 bits per heavy atom. The lowest BCUT2D eigenvalue weighted by molar-refractivity contribution is -0.889. The van der Waals surface area contributed by atoms with Crippen molar-refractivity contribution in [1.82, 2.24) is 4.90 Å². The summed E-state index contributed by atoms with van der Waals surface area (Å²) in [7, 11) is 3.99. The smallest absolute Gasteiger partial charge is 0.310 e. The molecule has 0 aliphatic carbocycles. The fourth-order valence-electron chi connectivity index (χ4n) is 7.27. The van der Waals surface area contributed by atoms with Gasteiger partial charge in [0.15, 0.2) is 0 Å². The summed E-state index contributed by atoms with van der Waals surface area (Å²) in [5, 5.41) is 9.02. The van der Waals surface area contributed by atoms with E-state index < -0.39 is 5.97 Å². The summed E-state index contributed by atoms with van der Waals surface area (Å²) in [5.41, 5.74) is 0. The molecular formula is C47H93N2O4+. The van der Waals surface area contributed by atoms with Crippen LogP contribution in [0.5, 0.6) is 0 Å². The predicted octanol–water partition coefficient (Wildman–Crippen LogP) is 13.3. The lowest BCUT2D eigenvalue weighted by atomic mass is 10.0. The molecule has 0 heterocycles. The minimum atomic E-state index is -0.784. The summed E-state index contributed by atoms with van der Waals surface area (Å²) < 4.78 is 6.22. The number of carboxylic acids is 1. The molecule has 0 saturated heterocycles. The number of nitrogens with zero attached hydrogens (tertiary/aromatic N) is 2. The van der Waals surface area contributed by atoms with Crippen LogP contribution in [0.25, 0.3) is 0 Å². The molecule has 0 aliphatic heterocycles.